The van der Waals surface area contributed by atoms with E-state index in [1.807, 2.05) is 0 Å². The van der Waals surface area contributed by atoms with Gasteiger partial charge in [-0.15, -0.1) is 0 Å². The van der Waals surface area contributed by atoms with Gasteiger partial charge in [0, 0.05) is 24.7 Å². The van der Waals surface area contributed by atoms with Crippen molar-refractivity contribution in [3.63, 3.8) is 0 Å². The van der Waals surface area contributed by atoms with Crippen molar-refractivity contribution in [1.29, 1.82) is 0 Å². The fourth-order valence-corrected chi connectivity index (χ4v) is 3.23. The maximum atomic E-state index is 13.5. The number of nitrogens with zero attached hydrogens (tertiary/aromatic N) is 2. The molecule has 0 fully saturated rings. The molecular weight excluding hydrogens is 379 g/mol. The Bertz CT molecular complexity index is 1070. The number of hydrazone groups is 1. The maximum absolute atomic E-state index is 13.5. The van der Waals surface area contributed by atoms with Gasteiger partial charge in [0.25, 0.3) is 11.8 Å². The first-order valence-corrected chi connectivity index (χ1v) is 8.92. The van der Waals surface area contributed by atoms with Gasteiger partial charge in [0.1, 0.15) is 11.6 Å². The number of ether oxygens (including phenoxy) is 1. The smallest absolute Gasteiger partial charge is 0.279 e. The third-order valence-electron chi connectivity index (χ3n) is 4.72. The summed E-state index contributed by atoms with van der Waals surface area (Å²) in [4.78, 5) is 37.1. The second-order valence-corrected chi connectivity index (χ2v) is 6.68. The van der Waals surface area contributed by atoms with E-state index in [9.17, 15) is 18.8 Å². The Morgan fingerprint density at radius 1 is 1.24 bits per heavy atom. The van der Waals surface area contributed by atoms with Crippen LogP contribution in [-0.4, -0.2) is 37.1 Å². The molecule has 2 aliphatic rings. The molecule has 0 unspecified atom stereocenters. The molecule has 0 radical (unpaired) electrons. The molecule has 29 heavy (non-hydrogen) atoms. The van der Waals surface area contributed by atoms with Crippen LogP contribution in [0.4, 0.5) is 15.8 Å². The summed E-state index contributed by atoms with van der Waals surface area (Å²) in [5.41, 5.74) is 4.73. The predicted molar refractivity (Wildman–Crippen MR) is 103 cm³/mol. The van der Waals surface area contributed by atoms with Crippen molar-refractivity contribution in [2.75, 3.05) is 23.9 Å². The summed E-state index contributed by atoms with van der Waals surface area (Å²) in [6.45, 7) is -0.317. The van der Waals surface area contributed by atoms with Crippen LogP contribution in [0.15, 0.2) is 41.5 Å². The molecule has 9 heteroatoms. The average Bonchev–Trinajstić information content (AvgIpc) is 2.94. The van der Waals surface area contributed by atoms with E-state index in [2.05, 4.69) is 15.8 Å². The van der Waals surface area contributed by atoms with Crippen molar-refractivity contribution in [3.8, 4) is 5.75 Å². The molecule has 4 rings (SSSR count). The molecule has 2 aliphatic heterocycles. The van der Waals surface area contributed by atoms with Crippen LogP contribution in [0.3, 0.4) is 0 Å². The molecular formula is C20H17FN4O4. The van der Waals surface area contributed by atoms with Crippen LogP contribution in [0, 0.1) is 5.82 Å². The van der Waals surface area contributed by atoms with Crippen molar-refractivity contribution in [1.82, 2.24) is 5.43 Å². The number of hydrogen-bond donors (Lipinski definition) is 2. The van der Waals surface area contributed by atoms with E-state index in [1.54, 1.807) is 25.2 Å². The summed E-state index contributed by atoms with van der Waals surface area (Å²) in [5.74, 6) is -1.06. The highest BCUT2D eigenvalue weighted by Gasteiger charge is 2.32. The minimum atomic E-state index is -0.566. The first-order chi connectivity index (χ1) is 13.9. The molecule has 0 bridgehead atoms. The quantitative estimate of drug-likeness (QED) is 0.767. The molecule has 0 saturated heterocycles. The number of aryl methyl sites for hydroxylation is 1. The van der Waals surface area contributed by atoms with Gasteiger partial charge < -0.3 is 15.0 Å². The summed E-state index contributed by atoms with van der Waals surface area (Å²) in [6.07, 6.45) is 1.00. The number of benzene rings is 2. The van der Waals surface area contributed by atoms with Crippen LogP contribution in [0.1, 0.15) is 17.5 Å². The monoisotopic (exact) mass is 396 g/mol. The van der Waals surface area contributed by atoms with E-state index in [1.165, 1.54) is 23.1 Å². The molecule has 148 valence electrons. The number of halogens is 1. The molecule has 3 amide bonds. The van der Waals surface area contributed by atoms with Crippen molar-refractivity contribution >= 4 is 34.8 Å². The van der Waals surface area contributed by atoms with Crippen LogP contribution in [0.25, 0.3) is 0 Å². The van der Waals surface area contributed by atoms with Crippen LogP contribution in [0.2, 0.25) is 0 Å². The van der Waals surface area contributed by atoms with Gasteiger partial charge in [0.2, 0.25) is 5.91 Å². The molecule has 0 aliphatic carbocycles. The van der Waals surface area contributed by atoms with Crippen molar-refractivity contribution in [3.05, 3.63) is 53.3 Å². The lowest BCUT2D eigenvalue weighted by Gasteiger charge is -2.17. The number of anilines is 2. The van der Waals surface area contributed by atoms with Crippen molar-refractivity contribution < 1.29 is 23.5 Å². The third kappa shape index (κ3) is 3.66. The fourth-order valence-electron chi connectivity index (χ4n) is 3.23. The zero-order chi connectivity index (χ0) is 20.5. The van der Waals surface area contributed by atoms with Gasteiger partial charge >= 0.3 is 0 Å². The van der Waals surface area contributed by atoms with E-state index in [0.29, 0.717) is 29.8 Å². The molecule has 0 spiro atoms. The van der Waals surface area contributed by atoms with Crippen LogP contribution in [0.5, 0.6) is 5.75 Å². The van der Waals surface area contributed by atoms with Gasteiger partial charge in [-0.2, -0.15) is 5.10 Å². The summed E-state index contributed by atoms with van der Waals surface area (Å²) in [7, 11) is 1.55. The van der Waals surface area contributed by atoms with Gasteiger partial charge in [-0.25, -0.2) is 9.82 Å². The zero-order valence-corrected chi connectivity index (χ0v) is 15.5. The van der Waals surface area contributed by atoms with E-state index in [0.717, 1.165) is 11.3 Å². The lowest BCUT2D eigenvalue weighted by atomic mass is 10.0. The average molecular weight is 396 g/mol. The highest BCUT2D eigenvalue weighted by molar-refractivity contribution is 6.54. The Balaban J connectivity index is 1.40. The molecule has 2 N–H and O–H groups in total. The lowest BCUT2D eigenvalue weighted by molar-refractivity contribution is -0.123. The van der Waals surface area contributed by atoms with Gasteiger partial charge in [-0.05, 0) is 48.4 Å². The van der Waals surface area contributed by atoms with E-state index in [-0.39, 0.29) is 18.2 Å². The first-order valence-electron chi connectivity index (χ1n) is 8.92. The Hall–Kier alpha value is -3.75. The second kappa shape index (κ2) is 7.34. The standard InChI is InChI=1S/C20H17FN4O4/c1-25-16-6-3-12(21)9-14(16)19(20(25)28)24-23-18(27)10-29-13-4-5-15-11(8-13)2-7-17(26)22-15/h3-6,8-9H,2,7,10H2,1H3,(H,22,26)(H,23,27)/b24-19-. The number of rotatable bonds is 4. The Labute approximate surface area is 165 Å². The Morgan fingerprint density at radius 3 is 2.90 bits per heavy atom. The Kier molecular flexibility index (Phi) is 4.71. The highest BCUT2D eigenvalue weighted by atomic mass is 19.1. The Morgan fingerprint density at radius 2 is 2.07 bits per heavy atom. The summed E-state index contributed by atoms with van der Waals surface area (Å²) < 4.78 is 19.0. The van der Waals surface area contributed by atoms with Crippen LogP contribution >= 0.6 is 0 Å². The van der Waals surface area contributed by atoms with E-state index in [4.69, 9.17) is 4.74 Å². The summed E-state index contributed by atoms with van der Waals surface area (Å²) >= 11 is 0. The minimum absolute atomic E-state index is 0.0294. The molecule has 2 aromatic carbocycles. The normalized spacial score (nSPS) is 16.3. The number of amides is 3. The lowest BCUT2D eigenvalue weighted by Crippen LogP contribution is -2.30. The molecule has 0 atom stereocenters. The van der Waals surface area contributed by atoms with Gasteiger partial charge in [0.05, 0.1) is 5.69 Å². The number of fused-ring (bicyclic) bond motifs is 2. The molecule has 2 heterocycles. The maximum Gasteiger partial charge on any atom is 0.279 e. The second-order valence-electron chi connectivity index (χ2n) is 6.68. The minimum Gasteiger partial charge on any atom is -0.484 e. The number of carbonyl (C=O) groups excluding carboxylic acids is 3. The molecule has 0 saturated carbocycles. The summed E-state index contributed by atoms with van der Waals surface area (Å²) in [6, 6.07) is 9.07. The largest absolute Gasteiger partial charge is 0.484 e. The zero-order valence-electron chi connectivity index (χ0n) is 15.5. The molecule has 8 nitrogen and oxygen atoms in total. The highest BCUT2D eigenvalue weighted by Crippen LogP contribution is 2.29. The van der Waals surface area contributed by atoms with E-state index < -0.39 is 17.6 Å². The third-order valence-corrected chi connectivity index (χ3v) is 4.72. The first kappa shape index (κ1) is 18.6. The molecule has 2 aromatic rings. The SMILES string of the molecule is CN1C(=O)/C(=N\NC(=O)COc2ccc3c(c2)CCC(=O)N3)c2cc(F)ccc21. The number of likely N-dealkylation sites (N-methyl/N-ethyl adjacent to an activating group) is 1. The van der Waals surface area contributed by atoms with Crippen LogP contribution in [-0.2, 0) is 20.8 Å². The van der Waals surface area contributed by atoms with Crippen molar-refractivity contribution in [2.24, 2.45) is 5.10 Å². The van der Waals surface area contributed by atoms with Crippen molar-refractivity contribution in [2.45, 2.75) is 12.8 Å². The molecule has 0 aromatic heterocycles. The number of nitrogens with one attached hydrogen (secondary N) is 2. The number of hydrogen-bond acceptors (Lipinski definition) is 5. The van der Waals surface area contributed by atoms with Gasteiger partial charge in [-0.1, -0.05) is 0 Å². The topological polar surface area (TPSA) is 100 Å². The predicted octanol–water partition coefficient (Wildman–Crippen LogP) is 1.59. The van der Waals surface area contributed by atoms with E-state index >= 15 is 0 Å². The summed E-state index contributed by atoms with van der Waals surface area (Å²) in [5, 5.41) is 6.63. The van der Waals surface area contributed by atoms with Crippen LogP contribution < -0.4 is 20.4 Å². The van der Waals surface area contributed by atoms with Gasteiger partial charge in [-0.3, -0.25) is 14.4 Å². The number of carbonyl (C=O) groups is 3. The van der Waals surface area contributed by atoms with Gasteiger partial charge in [0.15, 0.2) is 12.3 Å². The fraction of sp³-hybridized carbons (Fsp3) is 0.200.